The molecular formula is C9H7ClFNO. The second kappa shape index (κ2) is 4.17. The van der Waals surface area contributed by atoms with E-state index in [2.05, 4.69) is 4.99 Å². The summed E-state index contributed by atoms with van der Waals surface area (Å²) < 4.78 is 12.8. The van der Waals surface area contributed by atoms with Crippen molar-refractivity contribution in [1.29, 1.82) is 0 Å². The zero-order valence-corrected chi connectivity index (χ0v) is 7.73. The van der Waals surface area contributed by atoms with Crippen LogP contribution in [0.25, 0.3) is 0 Å². The lowest BCUT2D eigenvalue weighted by atomic mass is 10.1. The molecule has 0 saturated heterocycles. The zero-order valence-electron chi connectivity index (χ0n) is 6.97. The molecule has 0 unspecified atom stereocenters. The van der Waals surface area contributed by atoms with Crippen LogP contribution < -0.4 is 0 Å². The average molecular weight is 200 g/mol. The molecule has 0 aliphatic carbocycles. The summed E-state index contributed by atoms with van der Waals surface area (Å²) in [6.07, 6.45) is 1.95. The number of isocyanates is 1. The lowest BCUT2D eigenvalue weighted by Gasteiger charge is -2.03. The molecule has 1 aromatic rings. The van der Waals surface area contributed by atoms with Crippen molar-refractivity contribution in [3.63, 3.8) is 0 Å². The number of carbonyl (C=O) groups excluding carboxylic acids is 1. The lowest BCUT2D eigenvalue weighted by molar-refractivity contribution is 0.565. The molecular weight excluding hydrogens is 193 g/mol. The van der Waals surface area contributed by atoms with Crippen molar-refractivity contribution >= 4 is 23.4 Å². The molecule has 0 aliphatic rings. The van der Waals surface area contributed by atoms with Gasteiger partial charge in [0, 0.05) is 0 Å². The van der Waals surface area contributed by atoms with Crippen LogP contribution in [0.4, 0.5) is 10.1 Å². The first-order chi connectivity index (χ1) is 6.19. The van der Waals surface area contributed by atoms with Gasteiger partial charge in [-0.05, 0) is 24.1 Å². The molecule has 0 radical (unpaired) electrons. The van der Waals surface area contributed by atoms with E-state index in [0.29, 0.717) is 17.7 Å². The standard InChI is InChI=1S/C9H7ClFNO/c1-2-6-3-7(11)4-8(10)9(6)12-5-13/h3-4H,2H2,1H3. The number of nitrogens with zero attached hydrogens (tertiary/aromatic N) is 1. The van der Waals surface area contributed by atoms with Crippen LogP contribution in [0.3, 0.4) is 0 Å². The highest BCUT2D eigenvalue weighted by molar-refractivity contribution is 6.33. The van der Waals surface area contributed by atoms with Crippen LogP contribution in [0.2, 0.25) is 5.02 Å². The molecule has 1 aromatic carbocycles. The number of aliphatic imine (C=N–C) groups is 1. The normalized spacial score (nSPS) is 9.46. The molecule has 4 heteroatoms. The summed E-state index contributed by atoms with van der Waals surface area (Å²) in [5.74, 6) is -0.424. The summed E-state index contributed by atoms with van der Waals surface area (Å²) in [4.78, 5) is 13.4. The average Bonchev–Trinajstić information content (AvgIpc) is 2.09. The summed E-state index contributed by atoms with van der Waals surface area (Å²) in [5.41, 5.74) is 0.911. The Bertz CT molecular complexity index is 372. The highest BCUT2D eigenvalue weighted by Gasteiger charge is 2.07. The van der Waals surface area contributed by atoms with Crippen LogP contribution in [0, 0.1) is 5.82 Å². The number of hydrogen-bond donors (Lipinski definition) is 0. The van der Waals surface area contributed by atoms with Crippen molar-refractivity contribution in [2.24, 2.45) is 4.99 Å². The maximum Gasteiger partial charge on any atom is 0.240 e. The monoisotopic (exact) mass is 199 g/mol. The number of benzene rings is 1. The molecule has 1 rings (SSSR count). The fourth-order valence-electron chi connectivity index (χ4n) is 1.06. The molecule has 0 aromatic heterocycles. The topological polar surface area (TPSA) is 29.4 Å². The van der Waals surface area contributed by atoms with E-state index in [1.165, 1.54) is 12.1 Å². The predicted octanol–water partition coefficient (Wildman–Crippen LogP) is 3.01. The second-order valence-corrected chi connectivity index (χ2v) is 2.86. The lowest BCUT2D eigenvalue weighted by Crippen LogP contribution is -1.85. The first kappa shape index (κ1) is 9.90. The Kier molecular flexibility index (Phi) is 3.18. The molecule has 13 heavy (non-hydrogen) atoms. The van der Waals surface area contributed by atoms with Gasteiger partial charge < -0.3 is 0 Å². The van der Waals surface area contributed by atoms with E-state index in [9.17, 15) is 9.18 Å². The van der Waals surface area contributed by atoms with Gasteiger partial charge in [-0.3, -0.25) is 0 Å². The first-order valence-corrected chi connectivity index (χ1v) is 4.12. The third-order valence-electron chi connectivity index (χ3n) is 1.65. The molecule has 2 nitrogen and oxygen atoms in total. The van der Waals surface area contributed by atoms with Gasteiger partial charge in [0.15, 0.2) is 0 Å². The third-order valence-corrected chi connectivity index (χ3v) is 1.93. The van der Waals surface area contributed by atoms with Gasteiger partial charge in [0.2, 0.25) is 6.08 Å². The van der Waals surface area contributed by atoms with Gasteiger partial charge >= 0.3 is 0 Å². The minimum atomic E-state index is -0.424. The van der Waals surface area contributed by atoms with Gasteiger partial charge in [0.25, 0.3) is 0 Å². The summed E-state index contributed by atoms with van der Waals surface area (Å²) >= 11 is 5.68. The number of rotatable bonds is 2. The maximum atomic E-state index is 12.8. The molecule has 0 atom stereocenters. The van der Waals surface area contributed by atoms with Crippen molar-refractivity contribution in [2.75, 3.05) is 0 Å². The molecule has 0 spiro atoms. The largest absolute Gasteiger partial charge is 0.240 e. The summed E-state index contributed by atoms with van der Waals surface area (Å²) in [6.45, 7) is 1.83. The molecule has 0 fully saturated rings. The number of hydrogen-bond acceptors (Lipinski definition) is 2. The number of halogens is 2. The van der Waals surface area contributed by atoms with Crippen molar-refractivity contribution in [1.82, 2.24) is 0 Å². The smallest absolute Gasteiger partial charge is 0.211 e. The van der Waals surface area contributed by atoms with Gasteiger partial charge in [0.1, 0.15) is 5.82 Å². The molecule has 0 heterocycles. The minimum absolute atomic E-state index is 0.139. The van der Waals surface area contributed by atoms with E-state index >= 15 is 0 Å². The van der Waals surface area contributed by atoms with E-state index in [4.69, 9.17) is 11.6 Å². The Balaban J connectivity index is 3.37. The summed E-state index contributed by atoms with van der Waals surface area (Å²) in [6, 6.07) is 2.43. The van der Waals surface area contributed by atoms with Crippen LogP contribution in [-0.4, -0.2) is 6.08 Å². The SMILES string of the molecule is CCc1cc(F)cc(Cl)c1N=C=O. The molecule has 0 aliphatic heterocycles. The Labute approximate surface area is 80.1 Å². The molecule has 0 N–H and O–H groups in total. The Morgan fingerprint density at radius 3 is 2.85 bits per heavy atom. The highest BCUT2D eigenvalue weighted by atomic mass is 35.5. The Morgan fingerprint density at radius 1 is 1.62 bits per heavy atom. The summed E-state index contributed by atoms with van der Waals surface area (Å²) in [5, 5.41) is 0.139. The fourth-order valence-corrected chi connectivity index (χ4v) is 1.33. The van der Waals surface area contributed by atoms with E-state index in [0.717, 1.165) is 6.07 Å². The highest BCUT2D eigenvalue weighted by Crippen LogP contribution is 2.30. The van der Waals surface area contributed by atoms with Crippen LogP contribution in [0.15, 0.2) is 17.1 Å². The quantitative estimate of drug-likeness (QED) is 0.532. The van der Waals surface area contributed by atoms with Crippen molar-refractivity contribution in [3.05, 3.63) is 28.5 Å². The molecule has 0 bridgehead atoms. The maximum absolute atomic E-state index is 12.8. The van der Waals surface area contributed by atoms with Crippen LogP contribution in [-0.2, 0) is 11.2 Å². The second-order valence-electron chi connectivity index (χ2n) is 2.45. The zero-order chi connectivity index (χ0) is 9.84. The third kappa shape index (κ3) is 2.14. The van der Waals surface area contributed by atoms with Gasteiger partial charge in [-0.2, -0.15) is 4.99 Å². The van der Waals surface area contributed by atoms with E-state index < -0.39 is 5.82 Å². The van der Waals surface area contributed by atoms with Crippen LogP contribution in [0.1, 0.15) is 12.5 Å². The first-order valence-electron chi connectivity index (χ1n) is 3.74. The molecule has 68 valence electrons. The predicted molar refractivity (Wildman–Crippen MR) is 48.6 cm³/mol. The van der Waals surface area contributed by atoms with Crippen molar-refractivity contribution in [2.45, 2.75) is 13.3 Å². The van der Waals surface area contributed by atoms with Gasteiger partial charge in [0.05, 0.1) is 10.7 Å². The van der Waals surface area contributed by atoms with Crippen molar-refractivity contribution in [3.8, 4) is 0 Å². The van der Waals surface area contributed by atoms with E-state index in [-0.39, 0.29) is 5.02 Å². The van der Waals surface area contributed by atoms with Gasteiger partial charge in [-0.25, -0.2) is 9.18 Å². The Hall–Kier alpha value is -1.18. The van der Waals surface area contributed by atoms with Crippen LogP contribution >= 0.6 is 11.6 Å². The van der Waals surface area contributed by atoms with E-state index in [1.54, 1.807) is 0 Å². The minimum Gasteiger partial charge on any atom is -0.211 e. The van der Waals surface area contributed by atoms with Crippen LogP contribution in [0.5, 0.6) is 0 Å². The number of aryl methyl sites for hydroxylation is 1. The molecule has 0 amide bonds. The molecule has 0 saturated carbocycles. The Morgan fingerprint density at radius 2 is 2.31 bits per heavy atom. The van der Waals surface area contributed by atoms with Crippen molar-refractivity contribution < 1.29 is 9.18 Å². The fraction of sp³-hybridized carbons (Fsp3) is 0.222. The van der Waals surface area contributed by atoms with Gasteiger partial charge in [-0.1, -0.05) is 18.5 Å². The van der Waals surface area contributed by atoms with Gasteiger partial charge in [-0.15, -0.1) is 0 Å². The summed E-state index contributed by atoms with van der Waals surface area (Å²) in [7, 11) is 0. The van der Waals surface area contributed by atoms with E-state index in [1.807, 2.05) is 6.92 Å².